The predicted octanol–water partition coefficient (Wildman–Crippen LogP) is 1.65. The molecule has 94 valence electrons. The third-order valence-electron chi connectivity index (χ3n) is 2.97. The first-order valence-corrected chi connectivity index (χ1v) is 6.39. The van der Waals surface area contributed by atoms with Gasteiger partial charge in [0.05, 0.1) is 6.61 Å². The second-order valence-electron chi connectivity index (χ2n) is 4.58. The van der Waals surface area contributed by atoms with E-state index < -0.39 is 0 Å². The van der Waals surface area contributed by atoms with Gasteiger partial charge < -0.3 is 10.1 Å². The van der Waals surface area contributed by atoms with Gasteiger partial charge in [-0.15, -0.1) is 6.58 Å². The summed E-state index contributed by atoms with van der Waals surface area (Å²) in [5.74, 6) is 0. The molecule has 0 saturated heterocycles. The molecule has 0 aromatic rings. The zero-order chi connectivity index (χ0) is 11.8. The molecule has 0 bridgehead atoms. The first-order valence-electron chi connectivity index (χ1n) is 6.39. The fourth-order valence-corrected chi connectivity index (χ4v) is 1.95. The van der Waals surface area contributed by atoms with Gasteiger partial charge in [-0.05, 0) is 25.8 Å². The maximum absolute atomic E-state index is 5.31. The Bertz CT molecular complexity index is 192. The van der Waals surface area contributed by atoms with Crippen LogP contribution in [0.4, 0.5) is 0 Å². The van der Waals surface area contributed by atoms with Crippen LogP contribution < -0.4 is 5.32 Å². The molecular weight excluding hydrogens is 200 g/mol. The summed E-state index contributed by atoms with van der Waals surface area (Å²) in [5.41, 5.74) is 0. The number of ether oxygens (including phenoxy) is 1. The quantitative estimate of drug-likeness (QED) is 0.573. The van der Waals surface area contributed by atoms with Crippen molar-refractivity contribution < 1.29 is 4.74 Å². The summed E-state index contributed by atoms with van der Waals surface area (Å²) in [4.78, 5) is 2.45. The molecule has 3 nitrogen and oxygen atoms in total. The molecule has 16 heavy (non-hydrogen) atoms. The molecule has 0 aromatic heterocycles. The average Bonchev–Trinajstić information content (AvgIpc) is 3.08. The molecule has 0 amide bonds. The smallest absolute Gasteiger partial charge is 0.0630 e. The molecule has 1 saturated carbocycles. The minimum atomic E-state index is 0.476. The van der Waals surface area contributed by atoms with Gasteiger partial charge in [-0.2, -0.15) is 0 Å². The predicted molar refractivity (Wildman–Crippen MR) is 68.7 cm³/mol. The van der Waals surface area contributed by atoms with Gasteiger partial charge in [-0.25, -0.2) is 0 Å². The molecule has 0 heterocycles. The maximum Gasteiger partial charge on any atom is 0.0630 e. The molecule has 1 atom stereocenters. The van der Waals surface area contributed by atoms with Gasteiger partial charge in [-0.1, -0.05) is 13.0 Å². The highest BCUT2D eigenvalue weighted by atomic mass is 16.5. The Kier molecular flexibility index (Phi) is 6.69. The highest BCUT2D eigenvalue weighted by Crippen LogP contribution is 2.18. The van der Waals surface area contributed by atoms with Crippen LogP contribution in [-0.2, 0) is 4.74 Å². The van der Waals surface area contributed by atoms with Crippen LogP contribution in [0.1, 0.15) is 26.2 Å². The first-order chi connectivity index (χ1) is 7.81. The summed E-state index contributed by atoms with van der Waals surface area (Å²) in [6.45, 7) is 9.95. The molecule has 1 aliphatic rings. The van der Waals surface area contributed by atoms with E-state index in [1.807, 2.05) is 6.08 Å². The summed E-state index contributed by atoms with van der Waals surface area (Å²) in [6.07, 6.45) is 5.84. The Morgan fingerprint density at radius 3 is 2.81 bits per heavy atom. The van der Waals surface area contributed by atoms with Crippen molar-refractivity contribution in [2.24, 2.45) is 0 Å². The molecule has 1 N–H and O–H groups in total. The number of methoxy groups -OCH3 is 1. The van der Waals surface area contributed by atoms with Gasteiger partial charge in [0.2, 0.25) is 0 Å². The number of rotatable bonds is 10. The van der Waals surface area contributed by atoms with Crippen LogP contribution in [-0.4, -0.2) is 50.3 Å². The largest absolute Gasteiger partial charge is 0.383 e. The van der Waals surface area contributed by atoms with Crippen LogP contribution in [0.25, 0.3) is 0 Å². The molecule has 0 spiro atoms. The molecule has 0 radical (unpaired) electrons. The fourth-order valence-electron chi connectivity index (χ4n) is 1.95. The number of hydrogen-bond donors (Lipinski definition) is 1. The van der Waals surface area contributed by atoms with Crippen LogP contribution >= 0.6 is 0 Å². The van der Waals surface area contributed by atoms with Crippen LogP contribution in [0.2, 0.25) is 0 Å². The third-order valence-corrected chi connectivity index (χ3v) is 2.97. The van der Waals surface area contributed by atoms with Crippen LogP contribution in [0.5, 0.6) is 0 Å². The lowest BCUT2D eigenvalue weighted by Crippen LogP contribution is -2.46. The molecule has 1 aliphatic carbocycles. The fraction of sp³-hybridized carbons (Fsp3) is 0.846. The number of nitrogens with one attached hydrogen (secondary N) is 1. The lowest BCUT2D eigenvalue weighted by molar-refractivity contribution is 0.0961. The van der Waals surface area contributed by atoms with Crippen molar-refractivity contribution in [2.75, 3.05) is 33.4 Å². The van der Waals surface area contributed by atoms with Crippen molar-refractivity contribution in [3.05, 3.63) is 12.7 Å². The Hall–Kier alpha value is -0.380. The minimum absolute atomic E-state index is 0.476. The zero-order valence-electron chi connectivity index (χ0n) is 10.7. The third kappa shape index (κ3) is 5.10. The highest BCUT2D eigenvalue weighted by molar-refractivity contribution is 4.86. The van der Waals surface area contributed by atoms with Crippen molar-refractivity contribution in [1.29, 1.82) is 0 Å². The summed E-state index contributed by atoms with van der Waals surface area (Å²) < 4.78 is 5.31. The van der Waals surface area contributed by atoms with Gasteiger partial charge >= 0.3 is 0 Å². The van der Waals surface area contributed by atoms with Crippen molar-refractivity contribution in [3.8, 4) is 0 Å². The van der Waals surface area contributed by atoms with Crippen molar-refractivity contribution >= 4 is 0 Å². The van der Waals surface area contributed by atoms with Crippen LogP contribution in [0.3, 0.4) is 0 Å². The van der Waals surface area contributed by atoms with E-state index in [-0.39, 0.29) is 0 Å². The van der Waals surface area contributed by atoms with E-state index in [2.05, 4.69) is 23.7 Å². The van der Waals surface area contributed by atoms with E-state index >= 15 is 0 Å². The molecule has 1 rings (SSSR count). The Balaban J connectivity index is 2.37. The second kappa shape index (κ2) is 7.82. The van der Waals surface area contributed by atoms with Gasteiger partial charge in [0.25, 0.3) is 0 Å². The molecule has 0 aromatic carbocycles. The van der Waals surface area contributed by atoms with E-state index in [9.17, 15) is 0 Å². The highest BCUT2D eigenvalue weighted by Gasteiger charge is 2.23. The summed E-state index contributed by atoms with van der Waals surface area (Å²) in [5, 5.41) is 3.58. The molecule has 1 unspecified atom stereocenters. The van der Waals surface area contributed by atoms with Gasteiger partial charge in [-0.3, -0.25) is 4.90 Å². The van der Waals surface area contributed by atoms with Crippen molar-refractivity contribution in [3.63, 3.8) is 0 Å². The van der Waals surface area contributed by atoms with Gasteiger partial charge in [0.1, 0.15) is 0 Å². The first kappa shape index (κ1) is 13.7. The van der Waals surface area contributed by atoms with E-state index in [4.69, 9.17) is 4.74 Å². The van der Waals surface area contributed by atoms with E-state index in [1.165, 1.54) is 19.3 Å². The lowest BCUT2D eigenvalue weighted by atomic mass is 10.2. The molecule has 3 heteroatoms. The van der Waals surface area contributed by atoms with Gasteiger partial charge in [0.15, 0.2) is 0 Å². The Morgan fingerprint density at radius 1 is 1.56 bits per heavy atom. The lowest BCUT2D eigenvalue weighted by Gasteiger charge is -2.30. The van der Waals surface area contributed by atoms with E-state index in [1.54, 1.807) is 7.11 Å². The standard InChI is InChI=1S/C13H26N2O/c1-4-8-15(9-5-2)13(11-16-3)10-14-12-6-7-12/h4,12-14H,1,5-11H2,2-3H3. The molecule has 1 fully saturated rings. The maximum atomic E-state index is 5.31. The Morgan fingerprint density at radius 2 is 2.31 bits per heavy atom. The molecule has 0 aliphatic heterocycles. The number of hydrogen-bond acceptors (Lipinski definition) is 3. The van der Waals surface area contributed by atoms with E-state index in [0.29, 0.717) is 6.04 Å². The minimum Gasteiger partial charge on any atom is -0.383 e. The normalized spacial score (nSPS) is 17.7. The number of nitrogens with zero attached hydrogens (tertiary/aromatic N) is 1. The van der Waals surface area contributed by atoms with E-state index in [0.717, 1.165) is 32.3 Å². The second-order valence-corrected chi connectivity index (χ2v) is 4.58. The van der Waals surface area contributed by atoms with Crippen LogP contribution in [0.15, 0.2) is 12.7 Å². The zero-order valence-corrected chi connectivity index (χ0v) is 10.7. The Labute approximate surface area is 99.8 Å². The van der Waals surface area contributed by atoms with Crippen LogP contribution in [0, 0.1) is 0 Å². The van der Waals surface area contributed by atoms with Crippen molar-refractivity contribution in [2.45, 2.75) is 38.3 Å². The summed E-state index contributed by atoms with van der Waals surface area (Å²) >= 11 is 0. The monoisotopic (exact) mass is 226 g/mol. The summed E-state index contributed by atoms with van der Waals surface area (Å²) in [7, 11) is 1.78. The molecular formula is C13H26N2O. The van der Waals surface area contributed by atoms with Gasteiger partial charge in [0, 0.05) is 32.3 Å². The average molecular weight is 226 g/mol. The SMILES string of the molecule is C=CCN(CCC)C(CNC1CC1)COC. The summed E-state index contributed by atoms with van der Waals surface area (Å²) in [6, 6.07) is 1.25. The van der Waals surface area contributed by atoms with Crippen molar-refractivity contribution in [1.82, 2.24) is 10.2 Å². The topological polar surface area (TPSA) is 24.5 Å².